The Kier molecular flexibility index (Phi) is 6.84. The van der Waals surface area contributed by atoms with E-state index in [1.807, 2.05) is 30.4 Å². The summed E-state index contributed by atoms with van der Waals surface area (Å²) in [7, 11) is 0. The lowest BCUT2D eigenvalue weighted by molar-refractivity contribution is -0.132. The number of aliphatic carboxylic acids is 1. The van der Waals surface area contributed by atoms with E-state index in [1.54, 1.807) is 18.2 Å². The summed E-state index contributed by atoms with van der Waals surface area (Å²) >= 11 is 0. The second-order valence-corrected chi connectivity index (χ2v) is 6.17. The Bertz CT molecular complexity index is 567. The first kappa shape index (κ1) is 18.0. The van der Waals surface area contributed by atoms with Gasteiger partial charge in [-0.25, -0.2) is 4.79 Å². The molecule has 0 aromatic carbocycles. The van der Waals surface area contributed by atoms with Crippen LogP contribution in [0.2, 0.25) is 0 Å². The number of carbonyl (C=O) groups is 1. The summed E-state index contributed by atoms with van der Waals surface area (Å²) in [5.41, 5.74) is 2.52. The topological polar surface area (TPSA) is 37.3 Å². The van der Waals surface area contributed by atoms with E-state index in [4.69, 9.17) is 0 Å². The summed E-state index contributed by atoms with van der Waals surface area (Å²) in [5.74, 6) is -0.857. The summed E-state index contributed by atoms with van der Waals surface area (Å²) in [6.07, 6.45) is 17.6. The maximum Gasteiger partial charge on any atom is 0.335 e. The zero-order valence-electron chi connectivity index (χ0n) is 13.8. The Morgan fingerprint density at radius 2 is 1.73 bits per heavy atom. The highest BCUT2D eigenvalue weighted by molar-refractivity contribution is 5.93. The summed E-state index contributed by atoms with van der Waals surface area (Å²) in [6, 6.07) is 0. The lowest BCUT2D eigenvalue weighted by Crippen LogP contribution is -2.24. The first-order valence-electron chi connectivity index (χ1n) is 7.67. The van der Waals surface area contributed by atoms with Crippen LogP contribution in [0.3, 0.4) is 0 Å². The molecule has 0 bridgehead atoms. The molecule has 0 saturated carbocycles. The molecule has 0 radical (unpaired) electrons. The van der Waals surface area contributed by atoms with Gasteiger partial charge in [0.05, 0.1) is 5.57 Å². The fourth-order valence-corrected chi connectivity index (χ4v) is 2.97. The molecule has 0 aromatic rings. The van der Waals surface area contributed by atoms with Gasteiger partial charge in [0.1, 0.15) is 0 Å². The van der Waals surface area contributed by atoms with Crippen LogP contribution in [0.4, 0.5) is 0 Å². The molecule has 0 spiro atoms. The Morgan fingerprint density at radius 1 is 1.14 bits per heavy atom. The van der Waals surface area contributed by atoms with Crippen molar-refractivity contribution in [3.63, 3.8) is 0 Å². The van der Waals surface area contributed by atoms with Crippen LogP contribution in [0.15, 0.2) is 71.9 Å². The smallest absolute Gasteiger partial charge is 0.335 e. The standard InChI is InChI=1S/C20H26O2/c1-5-6-7-8-9-10-11-14-17(19(21)22)18-16(2)13-12-15-20(18,3)4/h5-11,14H,1,12-13,15H2,2-4H3,(H,21,22)/b7-6+,9-8+,11-10+,17-14-. The van der Waals surface area contributed by atoms with Crippen LogP contribution < -0.4 is 0 Å². The molecule has 0 unspecified atom stereocenters. The molecule has 1 rings (SSSR count). The SMILES string of the molecule is C=C/C=C/C=C/C=C/C=C(\C(=O)O)C1=C(C)CCCC1(C)C. The van der Waals surface area contributed by atoms with Crippen molar-refractivity contribution in [2.24, 2.45) is 5.41 Å². The van der Waals surface area contributed by atoms with Gasteiger partial charge in [-0.1, -0.05) is 68.5 Å². The van der Waals surface area contributed by atoms with Gasteiger partial charge in [-0.3, -0.25) is 0 Å². The Balaban J connectivity index is 3.03. The van der Waals surface area contributed by atoms with Crippen LogP contribution in [-0.2, 0) is 4.79 Å². The second-order valence-electron chi connectivity index (χ2n) is 6.17. The summed E-state index contributed by atoms with van der Waals surface area (Å²) < 4.78 is 0. The van der Waals surface area contributed by atoms with Crippen LogP contribution in [0, 0.1) is 5.41 Å². The van der Waals surface area contributed by atoms with E-state index in [2.05, 4.69) is 27.4 Å². The van der Waals surface area contributed by atoms with Gasteiger partial charge in [-0.15, -0.1) is 0 Å². The van der Waals surface area contributed by atoms with Gasteiger partial charge >= 0.3 is 5.97 Å². The molecule has 0 heterocycles. The Hall–Kier alpha value is -2.09. The van der Waals surface area contributed by atoms with Gasteiger partial charge in [0.25, 0.3) is 0 Å². The minimum absolute atomic E-state index is 0.0804. The van der Waals surface area contributed by atoms with E-state index in [-0.39, 0.29) is 5.41 Å². The number of carboxylic acids is 1. The predicted molar refractivity (Wildman–Crippen MR) is 93.7 cm³/mol. The second kappa shape index (κ2) is 8.38. The molecule has 0 saturated heterocycles. The fourth-order valence-electron chi connectivity index (χ4n) is 2.97. The first-order chi connectivity index (χ1) is 10.4. The molecule has 1 N–H and O–H groups in total. The van der Waals surface area contributed by atoms with Crippen molar-refractivity contribution in [3.05, 3.63) is 71.9 Å². The number of carboxylic acid groups (broad SMARTS) is 1. The van der Waals surface area contributed by atoms with Gasteiger partial charge < -0.3 is 5.11 Å². The third-order valence-corrected chi connectivity index (χ3v) is 3.91. The molecular formula is C20H26O2. The molecule has 0 amide bonds. The predicted octanol–water partition coefficient (Wildman–Crippen LogP) is 5.38. The lowest BCUT2D eigenvalue weighted by atomic mass is 9.70. The highest BCUT2D eigenvalue weighted by Crippen LogP contribution is 2.43. The van der Waals surface area contributed by atoms with Crippen LogP contribution in [0.25, 0.3) is 0 Å². The monoisotopic (exact) mass is 298 g/mol. The van der Waals surface area contributed by atoms with Crippen molar-refractivity contribution in [1.82, 2.24) is 0 Å². The third-order valence-electron chi connectivity index (χ3n) is 3.91. The van der Waals surface area contributed by atoms with Crippen molar-refractivity contribution in [2.75, 3.05) is 0 Å². The Morgan fingerprint density at radius 3 is 2.27 bits per heavy atom. The van der Waals surface area contributed by atoms with E-state index in [9.17, 15) is 9.90 Å². The fraction of sp³-hybridized carbons (Fsp3) is 0.350. The summed E-state index contributed by atoms with van der Waals surface area (Å²) in [6.45, 7) is 9.90. The molecule has 2 heteroatoms. The zero-order chi connectivity index (χ0) is 16.6. The van der Waals surface area contributed by atoms with Crippen molar-refractivity contribution >= 4 is 5.97 Å². The molecule has 0 aliphatic heterocycles. The zero-order valence-corrected chi connectivity index (χ0v) is 13.8. The number of hydrogen-bond donors (Lipinski definition) is 1. The molecule has 1 aliphatic rings. The molecule has 22 heavy (non-hydrogen) atoms. The van der Waals surface area contributed by atoms with Crippen LogP contribution >= 0.6 is 0 Å². The highest BCUT2D eigenvalue weighted by atomic mass is 16.4. The Labute approximate surface area is 133 Å². The van der Waals surface area contributed by atoms with Gasteiger partial charge in [0, 0.05) is 0 Å². The average molecular weight is 298 g/mol. The van der Waals surface area contributed by atoms with Crippen molar-refractivity contribution < 1.29 is 9.90 Å². The van der Waals surface area contributed by atoms with Gasteiger partial charge in [-0.05, 0) is 43.3 Å². The molecule has 118 valence electrons. The molecule has 2 nitrogen and oxygen atoms in total. The highest BCUT2D eigenvalue weighted by Gasteiger charge is 2.32. The number of hydrogen-bond acceptors (Lipinski definition) is 1. The largest absolute Gasteiger partial charge is 0.478 e. The van der Waals surface area contributed by atoms with E-state index in [1.165, 1.54) is 5.57 Å². The van der Waals surface area contributed by atoms with E-state index < -0.39 is 5.97 Å². The maximum absolute atomic E-state index is 11.7. The molecule has 0 fully saturated rings. The number of allylic oxidation sites excluding steroid dienone is 9. The van der Waals surface area contributed by atoms with Gasteiger partial charge in [0.15, 0.2) is 0 Å². The van der Waals surface area contributed by atoms with Gasteiger partial charge in [-0.2, -0.15) is 0 Å². The molecule has 0 atom stereocenters. The van der Waals surface area contributed by atoms with Crippen LogP contribution in [0.5, 0.6) is 0 Å². The van der Waals surface area contributed by atoms with Crippen LogP contribution in [-0.4, -0.2) is 11.1 Å². The minimum Gasteiger partial charge on any atom is -0.478 e. The van der Waals surface area contributed by atoms with E-state index in [0.29, 0.717) is 5.57 Å². The molecular weight excluding hydrogens is 272 g/mol. The first-order valence-corrected chi connectivity index (χ1v) is 7.67. The van der Waals surface area contributed by atoms with Crippen molar-refractivity contribution in [3.8, 4) is 0 Å². The quantitative estimate of drug-likeness (QED) is 0.528. The van der Waals surface area contributed by atoms with Crippen molar-refractivity contribution in [2.45, 2.75) is 40.0 Å². The van der Waals surface area contributed by atoms with Crippen LogP contribution in [0.1, 0.15) is 40.0 Å². The summed E-state index contributed by atoms with van der Waals surface area (Å²) in [4.78, 5) is 11.7. The maximum atomic E-state index is 11.7. The van der Waals surface area contributed by atoms with E-state index >= 15 is 0 Å². The summed E-state index contributed by atoms with van der Waals surface area (Å²) in [5, 5.41) is 9.57. The van der Waals surface area contributed by atoms with Gasteiger partial charge in [0.2, 0.25) is 0 Å². The third kappa shape index (κ3) is 5.03. The normalized spacial score (nSPS) is 19.5. The van der Waals surface area contributed by atoms with E-state index in [0.717, 1.165) is 24.8 Å². The van der Waals surface area contributed by atoms with Crippen molar-refractivity contribution in [1.29, 1.82) is 0 Å². The minimum atomic E-state index is -0.857. The average Bonchev–Trinajstić information content (AvgIpc) is 2.43. The molecule has 0 aromatic heterocycles. The molecule has 1 aliphatic carbocycles. The number of rotatable bonds is 6. The lowest BCUT2D eigenvalue weighted by Gasteiger charge is -2.34.